The minimum absolute atomic E-state index is 0.143. The fourth-order valence-electron chi connectivity index (χ4n) is 1.19. The Bertz CT molecular complexity index is 505. The second-order valence-electron chi connectivity index (χ2n) is 4.39. The van der Waals surface area contributed by atoms with E-state index in [2.05, 4.69) is 0 Å². The van der Waals surface area contributed by atoms with Crippen LogP contribution in [0.15, 0.2) is 12.1 Å². The maximum Gasteiger partial charge on any atom is 0.312 e. The summed E-state index contributed by atoms with van der Waals surface area (Å²) < 4.78 is 6.30. The van der Waals surface area contributed by atoms with Gasteiger partial charge >= 0.3 is 5.69 Å². The highest BCUT2D eigenvalue weighted by Crippen LogP contribution is 2.35. The Hall–Kier alpha value is -1.14. The SMILES string of the molecule is C[Si](C)(C)Oc1c(I)cc(C#N)cc1[N+](=O)[O-]. The van der Waals surface area contributed by atoms with Crippen LogP contribution in [0.3, 0.4) is 0 Å². The molecule has 0 aromatic heterocycles. The third-order valence-electron chi connectivity index (χ3n) is 1.76. The van der Waals surface area contributed by atoms with Crippen molar-refractivity contribution in [3.63, 3.8) is 0 Å². The Morgan fingerprint density at radius 1 is 1.47 bits per heavy atom. The Labute approximate surface area is 114 Å². The lowest BCUT2D eigenvalue weighted by Crippen LogP contribution is -2.30. The van der Waals surface area contributed by atoms with Gasteiger partial charge in [-0.15, -0.1) is 0 Å². The minimum atomic E-state index is -1.93. The van der Waals surface area contributed by atoms with E-state index < -0.39 is 13.2 Å². The maximum absolute atomic E-state index is 11.0. The summed E-state index contributed by atoms with van der Waals surface area (Å²) in [6.45, 7) is 5.85. The number of hydrogen-bond donors (Lipinski definition) is 0. The van der Waals surface area contributed by atoms with Crippen LogP contribution < -0.4 is 4.43 Å². The molecule has 0 N–H and O–H groups in total. The topological polar surface area (TPSA) is 76.2 Å². The summed E-state index contributed by atoms with van der Waals surface area (Å²) in [5, 5.41) is 19.7. The van der Waals surface area contributed by atoms with Crippen LogP contribution in [-0.4, -0.2) is 13.2 Å². The zero-order valence-electron chi connectivity index (χ0n) is 9.65. The van der Waals surface area contributed by atoms with Crippen molar-refractivity contribution in [2.75, 3.05) is 0 Å². The van der Waals surface area contributed by atoms with E-state index in [1.54, 1.807) is 6.07 Å². The van der Waals surface area contributed by atoms with Crippen LogP contribution >= 0.6 is 22.6 Å². The molecule has 0 saturated heterocycles. The highest BCUT2D eigenvalue weighted by Gasteiger charge is 2.26. The van der Waals surface area contributed by atoms with Gasteiger partial charge in [0, 0.05) is 6.07 Å². The first-order valence-corrected chi connectivity index (χ1v) is 9.30. The first-order chi connectivity index (χ1) is 7.74. The Morgan fingerprint density at radius 3 is 2.47 bits per heavy atom. The Balaban J connectivity index is 3.38. The number of nitriles is 1. The van der Waals surface area contributed by atoms with Crippen molar-refractivity contribution in [1.29, 1.82) is 5.26 Å². The van der Waals surface area contributed by atoms with E-state index in [9.17, 15) is 10.1 Å². The fraction of sp³-hybridized carbons (Fsp3) is 0.300. The molecule has 1 aromatic carbocycles. The standard InChI is InChI=1S/C10H11IN2O3Si/c1-17(2,3)16-10-8(11)4-7(6-12)5-9(10)13(14)15/h4-5H,1-3H3. The molecule has 1 rings (SSSR count). The lowest BCUT2D eigenvalue weighted by Gasteiger charge is -2.20. The van der Waals surface area contributed by atoms with Gasteiger partial charge in [0.15, 0.2) is 5.75 Å². The van der Waals surface area contributed by atoms with Gasteiger partial charge in [-0.3, -0.25) is 10.1 Å². The van der Waals surface area contributed by atoms with Gasteiger partial charge in [-0.2, -0.15) is 5.26 Å². The summed E-state index contributed by atoms with van der Waals surface area (Å²) in [7, 11) is -1.93. The maximum atomic E-state index is 11.0. The highest BCUT2D eigenvalue weighted by atomic mass is 127. The lowest BCUT2D eigenvalue weighted by atomic mass is 10.2. The van der Waals surface area contributed by atoms with Crippen molar-refractivity contribution in [2.24, 2.45) is 0 Å². The van der Waals surface area contributed by atoms with E-state index in [0.29, 0.717) is 3.57 Å². The van der Waals surface area contributed by atoms with Crippen LogP contribution in [0, 0.1) is 25.0 Å². The summed E-state index contributed by atoms with van der Waals surface area (Å²) in [4.78, 5) is 10.4. The summed E-state index contributed by atoms with van der Waals surface area (Å²) in [5.41, 5.74) is 0.125. The molecule has 7 heteroatoms. The average molecular weight is 362 g/mol. The van der Waals surface area contributed by atoms with Gasteiger partial charge in [-0.05, 0) is 48.3 Å². The summed E-state index contributed by atoms with van der Waals surface area (Å²) in [5.74, 6) is 0.272. The van der Waals surface area contributed by atoms with E-state index in [4.69, 9.17) is 9.69 Å². The van der Waals surface area contributed by atoms with Crippen LogP contribution in [0.1, 0.15) is 5.56 Å². The predicted octanol–water partition coefficient (Wildman–Crippen LogP) is 3.28. The molecule has 0 aliphatic carbocycles. The molecular weight excluding hydrogens is 351 g/mol. The third kappa shape index (κ3) is 3.67. The first kappa shape index (κ1) is 13.9. The van der Waals surface area contributed by atoms with Gasteiger partial charge in [0.25, 0.3) is 0 Å². The van der Waals surface area contributed by atoms with Gasteiger partial charge in [0.1, 0.15) is 0 Å². The minimum Gasteiger partial charge on any atom is -0.539 e. The predicted molar refractivity (Wildman–Crippen MR) is 74.5 cm³/mol. The van der Waals surface area contributed by atoms with Gasteiger partial charge in [0.05, 0.1) is 20.1 Å². The van der Waals surface area contributed by atoms with E-state index >= 15 is 0 Å². The molecule has 0 aliphatic heterocycles. The summed E-state index contributed by atoms with van der Waals surface area (Å²) in [6.07, 6.45) is 0. The average Bonchev–Trinajstić information content (AvgIpc) is 2.18. The van der Waals surface area contributed by atoms with E-state index in [1.807, 2.05) is 48.3 Å². The molecule has 0 fully saturated rings. The van der Waals surface area contributed by atoms with Crippen molar-refractivity contribution in [3.05, 3.63) is 31.4 Å². The molecule has 0 atom stereocenters. The molecule has 1 aromatic rings. The molecule has 0 radical (unpaired) electrons. The Kier molecular flexibility index (Phi) is 4.10. The summed E-state index contributed by atoms with van der Waals surface area (Å²) in [6, 6.07) is 4.73. The molecule has 0 aliphatic rings. The zero-order chi connectivity index (χ0) is 13.2. The largest absolute Gasteiger partial charge is 0.539 e. The quantitative estimate of drug-likeness (QED) is 0.358. The molecule has 0 unspecified atom stereocenters. The molecule has 0 amide bonds. The van der Waals surface area contributed by atoms with Gasteiger partial charge in [0.2, 0.25) is 8.32 Å². The zero-order valence-corrected chi connectivity index (χ0v) is 12.8. The molecular formula is C10H11IN2O3Si. The van der Waals surface area contributed by atoms with Gasteiger partial charge < -0.3 is 4.43 Å². The lowest BCUT2D eigenvalue weighted by molar-refractivity contribution is -0.385. The molecule has 0 bridgehead atoms. The van der Waals surface area contributed by atoms with Crippen LogP contribution in [0.2, 0.25) is 19.6 Å². The first-order valence-electron chi connectivity index (χ1n) is 4.81. The normalized spacial score (nSPS) is 10.8. The number of halogens is 1. The second kappa shape index (κ2) is 5.01. The van der Waals surface area contributed by atoms with Crippen molar-refractivity contribution < 1.29 is 9.35 Å². The van der Waals surface area contributed by atoms with Crippen molar-refractivity contribution in [1.82, 2.24) is 0 Å². The second-order valence-corrected chi connectivity index (χ2v) is 9.98. The van der Waals surface area contributed by atoms with Crippen molar-refractivity contribution in [3.8, 4) is 11.8 Å². The van der Waals surface area contributed by atoms with Crippen LogP contribution in [0.25, 0.3) is 0 Å². The fourth-order valence-corrected chi connectivity index (χ4v) is 2.94. The van der Waals surface area contributed by atoms with Crippen LogP contribution in [0.5, 0.6) is 5.75 Å². The molecule has 0 spiro atoms. The smallest absolute Gasteiger partial charge is 0.312 e. The van der Waals surface area contributed by atoms with E-state index in [0.717, 1.165) is 0 Å². The number of nitro benzene ring substituents is 1. The Morgan fingerprint density at radius 2 is 2.06 bits per heavy atom. The van der Waals surface area contributed by atoms with Crippen LogP contribution in [-0.2, 0) is 0 Å². The number of nitro groups is 1. The number of hydrogen-bond acceptors (Lipinski definition) is 4. The van der Waals surface area contributed by atoms with E-state index in [1.165, 1.54) is 6.07 Å². The van der Waals surface area contributed by atoms with Gasteiger partial charge in [-0.1, -0.05) is 0 Å². The molecule has 17 heavy (non-hydrogen) atoms. The number of benzene rings is 1. The third-order valence-corrected chi connectivity index (χ3v) is 3.38. The highest BCUT2D eigenvalue weighted by molar-refractivity contribution is 14.1. The molecule has 0 heterocycles. The number of nitrogens with zero attached hydrogens (tertiary/aromatic N) is 2. The molecule has 0 saturated carbocycles. The van der Waals surface area contributed by atoms with Gasteiger partial charge in [-0.25, -0.2) is 0 Å². The number of rotatable bonds is 3. The monoisotopic (exact) mass is 362 g/mol. The summed E-state index contributed by atoms with van der Waals surface area (Å²) >= 11 is 1.95. The van der Waals surface area contributed by atoms with Crippen molar-refractivity contribution >= 4 is 36.6 Å². The molecule has 90 valence electrons. The van der Waals surface area contributed by atoms with E-state index in [-0.39, 0.29) is 17.0 Å². The van der Waals surface area contributed by atoms with Crippen molar-refractivity contribution in [2.45, 2.75) is 19.6 Å². The van der Waals surface area contributed by atoms with Crippen LogP contribution in [0.4, 0.5) is 5.69 Å². The molecule has 5 nitrogen and oxygen atoms in total.